The zero-order chi connectivity index (χ0) is 14.1. The number of nitrogen functional groups attached to an aromatic ring is 1. The van der Waals surface area contributed by atoms with Crippen LogP contribution in [0.1, 0.15) is 13.8 Å². The number of aromatic nitrogens is 2. The Labute approximate surface area is 117 Å². The first-order valence-corrected chi connectivity index (χ1v) is 6.66. The third kappa shape index (κ3) is 2.09. The minimum absolute atomic E-state index is 0.101. The Morgan fingerprint density at radius 2 is 1.80 bits per heavy atom. The Bertz CT molecular complexity index is 732. The van der Waals surface area contributed by atoms with Gasteiger partial charge in [-0.2, -0.15) is 0 Å². The van der Waals surface area contributed by atoms with E-state index in [4.69, 9.17) is 10.5 Å². The van der Waals surface area contributed by atoms with Crippen LogP contribution in [0.15, 0.2) is 48.5 Å². The fourth-order valence-corrected chi connectivity index (χ4v) is 2.29. The number of imidazole rings is 1. The predicted molar refractivity (Wildman–Crippen MR) is 81.2 cm³/mol. The third-order valence-corrected chi connectivity index (χ3v) is 3.05. The standard InChI is InChI=1S/C16H17N3O/c1-11(2)20-14-10-6-9-13-15(14)18-16(17)19(13)12-7-4-3-5-8-12/h3-11H,1-2H3,(H2,17,18). The molecule has 0 saturated carbocycles. The second kappa shape index (κ2) is 4.89. The average Bonchev–Trinajstić information content (AvgIpc) is 2.76. The van der Waals surface area contributed by atoms with E-state index in [0.29, 0.717) is 5.95 Å². The molecule has 3 rings (SSSR count). The highest BCUT2D eigenvalue weighted by Gasteiger charge is 2.14. The number of fused-ring (bicyclic) bond motifs is 1. The van der Waals surface area contributed by atoms with E-state index in [-0.39, 0.29) is 6.10 Å². The van der Waals surface area contributed by atoms with Gasteiger partial charge in [-0.05, 0) is 38.1 Å². The molecule has 1 aromatic heterocycles. The van der Waals surface area contributed by atoms with E-state index in [1.807, 2.05) is 66.9 Å². The minimum Gasteiger partial charge on any atom is -0.489 e. The van der Waals surface area contributed by atoms with Crippen LogP contribution in [0.4, 0.5) is 5.95 Å². The van der Waals surface area contributed by atoms with Gasteiger partial charge in [-0.1, -0.05) is 24.3 Å². The molecule has 0 fully saturated rings. The van der Waals surface area contributed by atoms with Crippen LogP contribution in [-0.4, -0.2) is 15.7 Å². The maximum Gasteiger partial charge on any atom is 0.206 e. The van der Waals surface area contributed by atoms with Crippen molar-refractivity contribution in [2.45, 2.75) is 20.0 Å². The summed E-state index contributed by atoms with van der Waals surface area (Å²) in [7, 11) is 0. The van der Waals surface area contributed by atoms with Gasteiger partial charge < -0.3 is 10.5 Å². The largest absolute Gasteiger partial charge is 0.489 e. The molecule has 102 valence electrons. The highest BCUT2D eigenvalue weighted by molar-refractivity contribution is 5.86. The molecule has 0 aliphatic rings. The minimum atomic E-state index is 0.101. The lowest BCUT2D eigenvalue weighted by atomic mass is 10.2. The fourth-order valence-electron chi connectivity index (χ4n) is 2.29. The van der Waals surface area contributed by atoms with Crippen molar-refractivity contribution < 1.29 is 4.74 Å². The van der Waals surface area contributed by atoms with Gasteiger partial charge in [0.1, 0.15) is 11.3 Å². The summed E-state index contributed by atoms with van der Waals surface area (Å²) < 4.78 is 7.73. The summed E-state index contributed by atoms with van der Waals surface area (Å²) in [4.78, 5) is 4.46. The molecule has 20 heavy (non-hydrogen) atoms. The molecule has 1 heterocycles. The summed E-state index contributed by atoms with van der Waals surface area (Å²) in [5, 5.41) is 0. The van der Waals surface area contributed by atoms with E-state index in [1.54, 1.807) is 0 Å². The Hall–Kier alpha value is -2.49. The molecule has 4 nitrogen and oxygen atoms in total. The second-order valence-corrected chi connectivity index (χ2v) is 4.93. The monoisotopic (exact) mass is 267 g/mol. The summed E-state index contributed by atoms with van der Waals surface area (Å²) in [6.07, 6.45) is 0.101. The van der Waals surface area contributed by atoms with Crippen molar-refractivity contribution in [3.63, 3.8) is 0 Å². The van der Waals surface area contributed by atoms with Crippen molar-refractivity contribution in [2.75, 3.05) is 5.73 Å². The van der Waals surface area contributed by atoms with E-state index in [1.165, 1.54) is 0 Å². The van der Waals surface area contributed by atoms with E-state index in [0.717, 1.165) is 22.5 Å². The van der Waals surface area contributed by atoms with Crippen molar-refractivity contribution in [1.29, 1.82) is 0 Å². The molecule has 0 aliphatic carbocycles. The lowest BCUT2D eigenvalue weighted by Gasteiger charge is -2.10. The van der Waals surface area contributed by atoms with E-state index in [9.17, 15) is 0 Å². The summed E-state index contributed by atoms with van der Waals surface area (Å²) in [5.41, 5.74) is 8.82. The van der Waals surface area contributed by atoms with Gasteiger partial charge in [0.15, 0.2) is 0 Å². The maximum atomic E-state index is 6.08. The van der Waals surface area contributed by atoms with Gasteiger partial charge in [0.05, 0.1) is 11.6 Å². The van der Waals surface area contributed by atoms with Gasteiger partial charge in [0.2, 0.25) is 5.95 Å². The van der Waals surface area contributed by atoms with E-state index >= 15 is 0 Å². The molecular weight excluding hydrogens is 250 g/mol. The summed E-state index contributed by atoms with van der Waals surface area (Å²) in [6.45, 7) is 3.99. The predicted octanol–water partition coefficient (Wildman–Crippen LogP) is 3.39. The highest BCUT2D eigenvalue weighted by Crippen LogP contribution is 2.30. The molecule has 2 aromatic carbocycles. The number of benzene rings is 2. The molecule has 0 saturated heterocycles. The molecule has 3 aromatic rings. The van der Waals surface area contributed by atoms with E-state index < -0.39 is 0 Å². The molecule has 0 unspecified atom stereocenters. The van der Waals surface area contributed by atoms with Crippen molar-refractivity contribution in [3.8, 4) is 11.4 Å². The van der Waals surface area contributed by atoms with Gasteiger partial charge in [0.25, 0.3) is 0 Å². The van der Waals surface area contributed by atoms with Crippen molar-refractivity contribution in [3.05, 3.63) is 48.5 Å². The SMILES string of the molecule is CC(C)Oc1cccc2c1nc(N)n2-c1ccccc1. The first kappa shape index (κ1) is 12.5. The first-order valence-electron chi connectivity index (χ1n) is 6.66. The summed E-state index contributed by atoms with van der Waals surface area (Å²) >= 11 is 0. The van der Waals surface area contributed by atoms with Gasteiger partial charge in [-0.25, -0.2) is 4.98 Å². The maximum absolute atomic E-state index is 6.08. The van der Waals surface area contributed by atoms with Crippen molar-refractivity contribution >= 4 is 17.0 Å². The third-order valence-electron chi connectivity index (χ3n) is 3.05. The molecular formula is C16H17N3O. The topological polar surface area (TPSA) is 53.1 Å². The van der Waals surface area contributed by atoms with Crippen LogP contribution in [0.2, 0.25) is 0 Å². The molecule has 0 atom stereocenters. The zero-order valence-corrected chi connectivity index (χ0v) is 11.6. The number of ether oxygens (including phenoxy) is 1. The van der Waals surface area contributed by atoms with Crippen LogP contribution in [-0.2, 0) is 0 Å². The van der Waals surface area contributed by atoms with Crippen molar-refractivity contribution in [1.82, 2.24) is 9.55 Å². The number of rotatable bonds is 3. The number of nitrogens with zero attached hydrogens (tertiary/aromatic N) is 2. The molecule has 0 radical (unpaired) electrons. The molecule has 0 aliphatic heterocycles. The number of hydrogen-bond donors (Lipinski definition) is 1. The zero-order valence-electron chi connectivity index (χ0n) is 11.6. The van der Waals surface area contributed by atoms with Crippen LogP contribution in [0.3, 0.4) is 0 Å². The second-order valence-electron chi connectivity index (χ2n) is 4.93. The highest BCUT2D eigenvalue weighted by atomic mass is 16.5. The summed E-state index contributed by atoms with van der Waals surface area (Å²) in [5.74, 6) is 1.23. The Morgan fingerprint density at radius 1 is 1.05 bits per heavy atom. The van der Waals surface area contributed by atoms with Gasteiger partial charge in [-0.3, -0.25) is 4.57 Å². The van der Waals surface area contributed by atoms with Gasteiger partial charge in [0, 0.05) is 5.69 Å². The van der Waals surface area contributed by atoms with Crippen LogP contribution < -0.4 is 10.5 Å². The lowest BCUT2D eigenvalue weighted by Crippen LogP contribution is -2.05. The van der Waals surface area contributed by atoms with Crippen molar-refractivity contribution in [2.24, 2.45) is 0 Å². The quantitative estimate of drug-likeness (QED) is 0.791. The smallest absolute Gasteiger partial charge is 0.206 e. The number of para-hydroxylation sites is 2. The van der Waals surface area contributed by atoms with Gasteiger partial charge in [-0.15, -0.1) is 0 Å². The molecule has 0 spiro atoms. The number of hydrogen-bond acceptors (Lipinski definition) is 3. The molecule has 4 heteroatoms. The average molecular weight is 267 g/mol. The Morgan fingerprint density at radius 3 is 2.50 bits per heavy atom. The van der Waals surface area contributed by atoms with Crippen LogP contribution in [0.5, 0.6) is 5.75 Å². The van der Waals surface area contributed by atoms with Crippen LogP contribution >= 0.6 is 0 Å². The summed E-state index contributed by atoms with van der Waals surface area (Å²) in [6, 6.07) is 15.8. The Kier molecular flexibility index (Phi) is 3.06. The van der Waals surface area contributed by atoms with E-state index in [2.05, 4.69) is 4.98 Å². The lowest BCUT2D eigenvalue weighted by molar-refractivity contribution is 0.245. The fraction of sp³-hybridized carbons (Fsp3) is 0.188. The number of anilines is 1. The van der Waals surface area contributed by atoms with Crippen LogP contribution in [0.25, 0.3) is 16.7 Å². The Balaban J connectivity index is 2.22. The normalized spacial score (nSPS) is 11.2. The van der Waals surface area contributed by atoms with Gasteiger partial charge >= 0.3 is 0 Å². The van der Waals surface area contributed by atoms with Crippen LogP contribution in [0, 0.1) is 0 Å². The molecule has 0 amide bonds. The number of nitrogens with two attached hydrogens (primary N) is 1. The molecule has 2 N–H and O–H groups in total. The first-order chi connectivity index (χ1) is 9.66. The molecule has 0 bridgehead atoms.